The topological polar surface area (TPSA) is 104 Å². The minimum absolute atomic E-state index is 0.364. The molecule has 0 aromatic carbocycles. The van der Waals surface area contributed by atoms with Gasteiger partial charge in [0.15, 0.2) is 0 Å². The van der Waals surface area contributed by atoms with Crippen LogP contribution in [0.15, 0.2) is 0 Å². The van der Waals surface area contributed by atoms with E-state index in [4.69, 9.17) is 5.11 Å². The number of amides is 2. The van der Waals surface area contributed by atoms with Crippen LogP contribution in [0.4, 0.5) is 9.93 Å². The number of rotatable bonds is 5. The van der Waals surface area contributed by atoms with Crippen LogP contribution in [0.2, 0.25) is 0 Å². The van der Waals surface area contributed by atoms with Gasteiger partial charge >= 0.3 is 12.0 Å². The van der Waals surface area contributed by atoms with Crippen molar-refractivity contribution >= 4 is 28.5 Å². The monoisotopic (exact) mass is 258 g/mol. The van der Waals surface area contributed by atoms with Crippen LogP contribution in [0, 0.1) is 5.92 Å². The molecule has 8 heteroatoms. The van der Waals surface area contributed by atoms with Crippen molar-refractivity contribution < 1.29 is 14.7 Å². The Kier molecular flexibility index (Phi) is 4.83. The molecule has 1 heterocycles. The molecule has 0 bridgehead atoms. The molecule has 0 aliphatic heterocycles. The van der Waals surface area contributed by atoms with Crippen LogP contribution in [0.25, 0.3) is 0 Å². The molecule has 94 valence electrons. The van der Waals surface area contributed by atoms with E-state index in [2.05, 4.69) is 34.7 Å². The van der Waals surface area contributed by atoms with E-state index in [0.29, 0.717) is 11.0 Å². The first-order valence-corrected chi connectivity index (χ1v) is 5.88. The van der Waals surface area contributed by atoms with Crippen molar-refractivity contribution in [3.63, 3.8) is 0 Å². The Morgan fingerprint density at radius 1 is 1.41 bits per heavy atom. The van der Waals surface area contributed by atoms with Crippen LogP contribution in [-0.4, -0.2) is 33.8 Å². The standard InChI is InChI=1S/C9H14N4O3S/c1-5(2)3-6-12-13-9(17-6)11-8(16)10-4-7(14)15/h5H,3-4H2,1-2H3,(H,14,15)(H2,10,11,13,16). The highest BCUT2D eigenvalue weighted by molar-refractivity contribution is 7.15. The van der Waals surface area contributed by atoms with Crippen molar-refractivity contribution in [3.05, 3.63) is 5.01 Å². The van der Waals surface area contributed by atoms with Crippen molar-refractivity contribution in [1.29, 1.82) is 0 Å². The van der Waals surface area contributed by atoms with Crippen LogP contribution < -0.4 is 10.6 Å². The molecule has 2 amide bonds. The van der Waals surface area contributed by atoms with Gasteiger partial charge in [0, 0.05) is 6.42 Å². The first kappa shape index (κ1) is 13.4. The number of carboxylic acid groups (broad SMARTS) is 1. The predicted molar refractivity (Wildman–Crippen MR) is 63.1 cm³/mol. The SMILES string of the molecule is CC(C)Cc1nnc(NC(=O)NCC(=O)O)s1. The predicted octanol–water partition coefficient (Wildman–Crippen LogP) is 0.943. The average Bonchev–Trinajstić information content (AvgIpc) is 2.61. The van der Waals surface area contributed by atoms with Gasteiger partial charge in [-0.15, -0.1) is 10.2 Å². The van der Waals surface area contributed by atoms with Gasteiger partial charge in [0.25, 0.3) is 0 Å². The number of hydrogen-bond acceptors (Lipinski definition) is 5. The molecule has 1 aromatic rings. The third kappa shape index (κ3) is 5.25. The number of anilines is 1. The molecule has 0 aliphatic carbocycles. The number of urea groups is 1. The normalized spacial score (nSPS) is 10.3. The second-order valence-corrected chi connectivity index (χ2v) is 4.86. The molecule has 0 spiro atoms. The first-order chi connectivity index (χ1) is 7.97. The quantitative estimate of drug-likeness (QED) is 0.729. The number of nitrogens with zero attached hydrogens (tertiary/aromatic N) is 2. The fourth-order valence-corrected chi connectivity index (χ4v) is 1.98. The lowest BCUT2D eigenvalue weighted by Gasteiger charge is -2.01. The van der Waals surface area contributed by atoms with Gasteiger partial charge in [-0.2, -0.15) is 0 Å². The first-order valence-electron chi connectivity index (χ1n) is 5.06. The second-order valence-electron chi connectivity index (χ2n) is 3.80. The molecule has 0 fully saturated rings. The number of carboxylic acids is 1. The minimum Gasteiger partial charge on any atom is -0.480 e. The Morgan fingerprint density at radius 3 is 2.71 bits per heavy atom. The maximum absolute atomic E-state index is 11.2. The molecule has 17 heavy (non-hydrogen) atoms. The van der Waals surface area contributed by atoms with Gasteiger partial charge in [0.1, 0.15) is 11.6 Å². The lowest BCUT2D eigenvalue weighted by Crippen LogP contribution is -2.33. The molecule has 0 atom stereocenters. The summed E-state index contributed by atoms with van der Waals surface area (Å²) in [6, 6.07) is -0.598. The number of carbonyl (C=O) groups is 2. The van der Waals surface area contributed by atoms with Crippen LogP contribution in [0.3, 0.4) is 0 Å². The fourth-order valence-electron chi connectivity index (χ4n) is 1.03. The Bertz CT molecular complexity index is 405. The van der Waals surface area contributed by atoms with E-state index < -0.39 is 18.5 Å². The Labute approximate surface area is 102 Å². The average molecular weight is 258 g/mol. The van der Waals surface area contributed by atoms with E-state index in [0.717, 1.165) is 11.4 Å². The van der Waals surface area contributed by atoms with E-state index in [-0.39, 0.29) is 0 Å². The molecular formula is C9H14N4O3S. The summed E-state index contributed by atoms with van der Waals surface area (Å²) in [6.07, 6.45) is 0.802. The van der Waals surface area contributed by atoms with Crippen molar-refractivity contribution in [1.82, 2.24) is 15.5 Å². The maximum atomic E-state index is 11.2. The zero-order chi connectivity index (χ0) is 12.8. The summed E-state index contributed by atoms with van der Waals surface area (Å²) in [6.45, 7) is 3.70. The summed E-state index contributed by atoms with van der Waals surface area (Å²) in [5, 5.41) is 21.9. The lowest BCUT2D eigenvalue weighted by molar-refractivity contribution is -0.135. The molecule has 7 nitrogen and oxygen atoms in total. The Morgan fingerprint density at radius 2 is 2.12 bits per heavy atom. The Hall–Kier alpha value is -1.70. The summed E-state index contributed by atoms with van der Waals surface area (Å²) >= 11 is 1.28. The number of carbonyl (C=O) groups excluding carboxylic acids is 1. The molecule has 0 unspecified atom stereocenters. The van der Waals surface area contributed by atoms with Crippen LogP contribution >= 0.6 is 11.3 Å². The van der Waals surface area contributed by atoms with E-state index in [1.165, 1.54) is 11.3 Å². The van der Waals surface area contributed by atoms with Crippen molar-refractivity contribution in [3.8, 4) is 0 Å². The summed E-state index contributed by atoms with van der Waals surface area (Å²) < 4.78 is 0. The summed E-state index contributed by atoms with van der Waals surface area (Å²) in [5.41, 5.74) is 0. The van der Waals surface area contributed by atoms with E-state index in [1.807, 2.05) is 0 Å². The van der Waals surface area contributed by atoms with Crippen molar-refractivity contribution in [2.75, 3.05) is 11.9 Å². The minimum atomic E-state index is -1.10. The van der Waals surface area contributed by atoms with E-state index >= 15 is 0 Å². The highest BCUT2D eigenvalue weighted by Gasteiger charge is 2.09. The second kappa shape index (κ2) is 6.14. The zero-order valence-electron chi connectivity index (χ0n) is 9.56. The summed E-state index contributed by atoms with van der Waals surface area (Å²) in [5.74, 6) is -0.630. The molecule has 0 saturated carbocycles. The highest BCUT2D eigenvalue weighted by Crippen LogP contribution is 2.17. The van der Waals surface area contributed by atoms with Crippen molar-refractivity contribution in [2.45, 2.75) is 20.3 Å². The molecule has 1 rings (SSSR count). The summed E-state index contributed by atoms with van der Waals surface area (Å²) in [4.78, 5) is 21.4. The third-order valence-electron chi connectivity index (χ3n) is 1.67. The lowest BCUT2D eigenvalue weighted by atomic mass is 10.1. The largest absolute Gasteiger partial charge is 0.480 e. The van der Waals surface area contributed by atoms with Gasteiger partial charge in [-0.3, -0.25) is 10.1 Å². The summed E-state index contributed by atoms with van der Waals surface area (Å²) in [7, 11) is 0. The van der Waals surface area contributed by atoms with Crippen molar-refractivity contribution in [2.24, 2.45) is 5.92 Å². The smallest absolute Gasteiger partial charge is 0.323 e. The molecule has 0 aliphatic rings. The van der Waals surface area contributed by atoms with Crippen LogP contribution in [-0.2, 0) is 11.2 Å². The fraction of sp³-hybridized carbons (Fsp3) is 0.556. The molecular weight excluding hydrogens is 244 g/mol. The Balaban J connectivity index is 2.43. The highest BCUT2D eigenvalue weighted by atomic mass is 32.1. The van der Waals surface area contributed by atoms with Gasteiger partial charge in [-0.05, 0) is 5.92 Å². The van der Waals surface area contributed by atoms with E-state index in [9.17, 15) is 9.59 Å². The van der Waals surface area contributed by atoms with Gasteiger partial charge in [0.2, 0.25) is 5.13 Å². The number of aliphatic carboxylic acids is 1. The van der Waals surface area contributed by atoms with Gasteiger partial charge in [0.05, 0.1) is 0 Å². The molecule has 0 radical (unpaired) electrons. The van der Waals surface area contributed by atoms with Gasteiger partial charge < -0.3 is 10.4 Å². The van der Waals surface area contributed by atoms with Gasteiger partial charge in [-0.25, -0.2) is 4.79 Å². The van der Waals surface area contributed by atoms with Crippen LogP contribution in [0.5, 0.6) is 0 Å². The molecule has 3 N–H and O–H groups in total. The zero-order valence-corrected chi connectivity index (χ0v) is 10.4. The molecule has 0 saturated heterocycles. The number of aromatic nitrogens is 2. The molecule has 1 aromatic heterocycles. The van der Waals surface area contributed by atoms with E-state index in [1.54, 1.807) is 0 Å². The maximum Gasteiger partial charge on any atom is 0.323 e. The number of nitrogens with one attached hydrogen (secondary N) is 2. The number of hydrogen-bond donors (Lipinski definition) is 3. The van der Waals surface area contributed by atoms with Gasteiger partial charge in [-0.1, -0.05) is 25.2 Å². The third-order valence-corrected chi connectivity index (χ3v) is 2.53. The van der Waals surface area contributed by atoms with Crippen LogP contribution in [0.1, 0.15) is 18.9 Å².